The number of hydrogen-bond acceptors (Lipinski definition) is 7. The van der Waals surface area contributed by atoms with Gasteiger partial charge < -0.3 is 9.84 Å². The Balaban J connectivity index is 1.62. The van der Waals surface area contributed by atoms with Crippen molar-refractivity contribution in [1.29, 1.82) is 5.26 Å². The van der Waals surface area contributed by atoms with Crippen molar-refractivity contribution in [2.45, 2.75) is 19.0 Å². The number of ether oxygens (including phenoxy) is 1. The number of nitrogens with zero attached hydrogens (tertiary/aromatic N) is 7. The number of nitriles is 1. The fourth-order valence-corrected chi connectivity index (χ4v) is 4.65. The molecule has 13 heteroatoms. The number of carboxylic acids is 1. The van der Waals surface area contributed by atoms with Crippen LogP contribution in [0.4, 0.5) is 8.78 Å². The Kier molecular flexibility index (Phi) is 4.97. The van der Waals surface area contributed by atoms with E-state index in [1.165, 1.54) is 21.7 Å². The number of carboxylic acid groups (broad SMARTS) is 1. The number of carbonyl (C=O) groups is 1. The predicted molar refractivity (Wildman–Crippen MR) is 123 cm³/mol. The van der Waals surface area contributed by atoms with Gasteiger partial charge in [0.25, 0.3) is 0 Å². The van der Waals surface area contributed by atoms with E-state index in [9.17, 15) is 28.7 Å². The molecule has 5 aromatic rings. The summed E-state index contributed by atoms with van der Waals surface area (Å²) in [6.45, 7) is -0.628. The smallest absolute Gasteiger partial charge is 0.331 e. The summed E-state index contributed by atoms with van der Waals surface area (Å²) < 4.78 is 37.8. The highest BCUT2D eigenvalue weighted by Crippen LogP contribution is 2.38. The monoisotopic (exact) mass is 503 g/mol. The molecule has 0 amide bonds. The Bertz CT molecular complexity index is 1850. The Labute approximate surface area is 205 Å². The van der Waals surface area contributed by atoms with Crippen molar-refractivity contribution >= 4 is 28.2 Å². The maximum Gasteiger partial charge on any atom is 0.331 e. The zero-order valence-corrected chi connectivity index (χ0v) is 18.8. The average Bonchev–Trinajstić information content (AvgIpc) is 3.41. The van der Waals surface area contributed by atoms with Gasteiger partial charge in [-0.2, -0.15) is 10.2 Å². The van der Waals surface area contributed by atoms with Gasteiger partial charge >= 0.3 is 11.7 Å². The van der Waals surface area contributed by atoms with Crippen LogP contribution in [0.25, 0.3) is 28.1 Å². The molecule has 0 bridgehead atoms. The van der Waals surface area contributed by atoms with E-state index in [1.54, 1.807) is 18.2 Å². The van der Waals surface area contributed by atoms with E-state index in [-0.39, 0.29) is 41.5 Å². The fraction of sp³-hybridized carbons (Fsp3) is 0.167. The van der Waals surface area contributed by atoms with Gasteiger partial charge in [-0.3, -0.25) is 18.5 Å². The number of hydrogen-bond donors (Lipinski definition) is 1. The van der Waals surface area contributed by atoms with Gasteiger partial charge in [0.1, 0.15) is 24.2 Å². The van der Waals surface area contributed by atoms with E-state index in [1.807, 2.05) is 0 Å². The van der Waals surface area contributed by atoms with Crippen molar-refractivity contribution in [3.05, 3.63) is 76.1 Å². The minimum Gasteiger partial charge on any atom is -0.490 e. The number of benzene rings is 2. The summed E-state index contributed by atoms with van der Waals surface area (Å²) in [5, 5.41) is 18.7. The molecule has 0 fully saturated rings. The fourth-order valence-electron chi connectivity index (χ4n) is 4.65. The molecule has 0 radical (unpaired) electrons. The summed E-state index contributed by atoms with van der Waals surface area (Å²) in [6.07, 6.45) is 2.95. The Morgan fingerprint density at radius 2 is 2.05 bits per heavy atom. The predicted octanol–water partition coefficient (Wildman–Crippen LogP) is 2.54. The van der Waals surface area contributed by atoms with Crippen LogP contribution in [0.5, 0.6) is 5.75 Å². The summed E-state index contributed by atoms with van der Waals surface area (Å²) in [4.78, 5) is 38.2. The first-order valence-electron chi connectivity index (χ1n) is 11.0. The molecule has 4 heterocycles. The van der Waals surface area contributed by atoms with Crippen LogP contribution in [0.3, 0.4) is 0 Å². The van der Waals surface area contributed by atoms with E-state index in [0.717, 1.165) is 10.6 Å². The second kappa shape index (κ2) is 8.23. The van der Waals surface area contributed by atoms with Crippen molar-refractivity contribution < 1.29 is 23.4 Å². The lowest BCUT2D eigenvalue weighted by atomic mass is 10.00. The standard InChI is InChI=1S/C24H15F2N7O4/c25-13-6-14-17(3-4-37-21(14)15(26)7-13)33-22-19(31(24(33)36)10-20(34)35)9-28-23(30-22)32-11-29-16-2-1-12(8-27)5-18(16)32/h1-2,5-7,9,11,17H,3-4,10H2,(H,34,35). The lowest BCUT2D eigenvalue weighted by Gasteiger charge is -2.27. The van der Waals surface area contributed by atoms with Gasteiger partial charge in [-0.15, -0.1) is 0 Å². The molecule has 6 rings (SSSR count). The zero-order valence-electron chi connectivity index (χ0n) is 18.8. The first-order chi connectivity index (χ1) is 17.9. The van der Waals surface area contributed by atoms with Crippen LogP contribution < -0.4 is 10.4 Å². The number of aromatic nitrogens is 6. The SMILES string of the molecule is N#Cc1ccc2ncn(-c3ncc4c(n3)n(C3CCOc5c(F)cc(F)cc53)c(=O)n4CC(=O)O)c2c1. The third-order valence-corrected chi connectivity index (χ3v) is 6.22. The van der Waals surface area contributed by atoms with Gasteiger partial charge in [0, 0.05) is 18.1 Å². The summed E-state index contributed by atoms with van der Waals surface area (Å²) in [6, 6.07) is 7.85. The molecule has 3 aromatic heterocycles. The third-order valence-electron chi connectivity index (χ3n) is 6.22. The first-order valence-corrected chi connectivity index (χ1v) is 11.0. The highest BCUT2D eigenvalue weighted by Gasteiger charge is 2.31. The van der Waals surface area contributed by atoms with Crippen LogP contribution in [0.1, 0.15) is 23.6 Å². The minimum absolute atomic E-state index is 0.0410. The van der Waals surface area contributed by atoms with Gasteiger partial charge in [-0.05, 0) is 24.3 Å². The normalized spacial score (nSPS) is 14.9. The van der Waals surface area contributed by atoms with E-state index < -0.39 is 35.9 Å². The molecule has 0 spiro atoms. The topological polar surface area (TPSA) is 141 Å². The molecular weight excluding hydrogens is 488 g/mol. The lowest BCUT2D eigenvalue weighted by molar-refractivity contribution is -0.137. The number of imidazole rings is 2. The molecule has 1 N–H and O–H groups in total. The van der Waals surface area contributed by atoms with Crippen LogP contribution in [-0.4, -0.2) is 46.3 Å². The maximum absolute atomic E-state index is 14.5. The van der Waals surface area contributed by atoms with Gasteiger partial charge in [0.15, 0.2) is 17.2 Å². The zero-order chi connectivity index (χ0) is 25.8. The van der Waals surface area contributed by atoms with Crippen LogP contribution in [0.2, 0.25) is 0 Å². The van der Waals surface area contributed by atoms with Gasteiger partial charge in [-0.25, -0.2) is 23.5 Å². The summed E-state index contributed by atoms with van der Waals surface area (Å²) in [5.41, 5.74) is 1.08. The average molecular weight is 503 g/mol. The molecule has 1 aliphatic heterocycles. The van der Waals surface area contributed by atoms with E-state index in [2.05, 4.69) is 21.0 Å². The van der Waals surface area contributed by atoms with Crippen molar-refractivity contribution in [1.82, 2.24) is 28.7 Å². The first kappa shape index (κ1) is 22.4. The quantitative estimate of drug-likeness (QED) is 0.395. The van der Waals surface area contributed by atoms with Gasteiger partial charge in [-0.1, -0.05) is 0 Å². The largest absolute Gasteiger partial charge is 0.490 e. The molecule has 1 unspecified atom stereocenters. The van der Waals surface area contributed by atoms with Gasteiger partial charge in [0.2, 0.25) is 5.95 Å². The van der Waals surface area contributed by atoms with E-state index in [4.69, 9.17) is 4.74 Å². The lowest BCUT2D eigenvalue weighted by Crippen LogP contribution is -2.32. The molecule has 0 saturated heterocycles. The minimum atomic E-state index is -1.26. The molecule has 2 aromatic carbocycles. The van der Waals surface area contributed by atoms with Crippen LogP contribution in [0, 0.1) is 23.0 Å². The second-order valence-electron chi connectivity index (χ2n) is 8.40. The third kappa shape index (κ3) is 3.49. The molecule has 0 aliphatic carbocycles. The Morgan fingerprint density at radius 1 is 1.22 bits per heavy atom. The van der Waals surface area contributed by atoms with Crippen molar-refractivity contribution in [2.75, 3.05) is 6.61 Å². The van der Waals surface area contributed by atoms with Crippen LogP contribution >= 0.6 is 0 Å². The summed E-state index contributed by atoms with van der Waals surface area (Å²) >= 11 is 0. The Hall–Kier alpha value is -5.12. The second-order valence-corrected chi connectivity index (χ2v) is 8.40. The number of fused-ring (bicyclic) bond motifs is 3. The number of halogens is 2. The maximum atomic E-state index is 14.5. The van der Waals surface area contributed by atoms with Crippen LogP contribution in [-0.2, 0) is 11.3 Å². The van der Waals surface area contributed by atoms with E-state index >= 15 is 0 Å². The molecule has 184 valence electrons. The van der Waals surface area contributed by atoms with Gasteiger partial charge in [0.05, 0.1) is 41.5 Å². The van der Waals surface area contributed by atoms with Crippen molar-refractivity contribution in [2.24, 2.45) is 0 Å². The van der Waals surface area contributed by atoms with E-state index in [0.29, 0.717) is 22.7 Å². The summed E-state index contributed by atoms with van der Waals surface area (Å²) in [7, 11) is 0. The molecule has 1 atom stereocenters. The van der Waals surface area contributed by atoms with Crippen molar-refractivity contribution in [3.8, 4) is 17.8 Å². The molecule has 0 saturated carbocycles. The van der Waals surface area contributed by atoms with Crippen LogP contribution in [0.15, 0.2) is 47.7 Å². The van der Waals surface area contributed by atoms with Crippen molar-refractivity contribution in [3.63, 3.8) is 0 Å². The molecule has 11 nitrogen and oxygen atoms in total. The molecular formula is C24H15F2N7O4. The highest BCUT2D eigenvalue weighted by molar-refractivity contribution is 5.79. The highest BCUT2D eigenvalue weighted by atomic mass is 19.1. The number of aliphatic carboxylic acids is 1. The summed E-state index contributed by atoms with van der Waals surface area (Å²) in [5.74, 6) is -3.09. The molecule has 37 heavy (non-hydrogen) atoms. The number of rotatable bonds is 4. The Morgan fingerprint density at radius 3 is 2.84 bits per heavy atom. The molecule has 1 aliphatic rings.